The Kier molecular flexibility index (Phi) is 5.46. The van der Waals surface area contributed by atoms with Crippen LogP contribution in [-0.4, -0.2) is 43.3 Å². The van der Waals surface area contributed by atoms with Crippen LogP contribution in [0.4, 0.5) is 8.78 Å². The Balaban J connectivity index is 1.76. The van der Waals surface area contributed by atoms with Gasteiger partial charge >= 0.3 is 0 Å². The molecule has 20 heavy (non-hydrogen) atoms. The molecule has 3 nitrogen and oxygen atoms in total. The van der Waals surface area contributed by atoms with Gasteiger partial charge in [-0.2, -0.15) is 0 Å². The van der Waals surface area contributed by atoms with E-state index in [1.165, 1.54) is 6.07 Å². The average molecular weight is 284 g/mol. The second-order valence-corrected chi connectivity index (χ2v) is 5.46. The lowest BCUT2D eigenvalue weighted by Gasteiger charge is -2.35. The van der Waals surface area contributed by atoms with E-state index in [2.05, 4.69) is 24.1 Å². The summed E-state index contributed by atoms with van der Waals surface area (Å²) in [5.74, 6) is -1.61. The molecule has 1 aromatic carbocycles. The van der Waals surface area contributed by atoms with Crippen molar-refractivity contribution < 1.29 is 13.5 Å². The van der Waals surface area contributed by atoms with E-state index in [0.717, 1.165) is 31.3 Å². The number of ether oxygens (including phenoxy) is 1. The maximum atomic E-state index is 13.1. The standard InChI is InChI=1S/C15H22F2N2O/c1-11(2)19-5-6-20-13(10-19)9-18-8-12-3-4-14(16)15(17)7-12/h3-4,7,11,13,18H,5-6,8-10H2,1-2H3. The average Bonchev–Trinajstić information content (AvgIpc) is 2.43. The Morgan fingerprint density at radius 2 is 2.15 bits per heavy atom. The highest BCUT2D eigenvalue weighted by molar-refractivity contribution is 5.17. The molecule has 1 atom stereocenters. The summed E-state index contributed by atoms with van der Waals surface area (Å²) in [5.41, 5.74) is 0.737. The Morgan fingerprint density at radius 3 is 2.85 bits per heavy atom. The third-order valence-corrected chi connectivity index (χ3v) is 3.59. The quantitative estimate of drug-likeness (QED) is 0.897. The van der Waals surface area contributed by atoms with Crippen LogP contribution in [0.1, 0.15) is 19.4 Å². The van der Waals surface area contributed by atoms with Gasteiger partial charge in [-0.05, 0) is 31.5 Å². The molecule has 1 unspecified atom stereocenters. The summed E-state index contributed by atoms with van der Waals surface area (Å²) in [6.45, 7) is 8.20. The van der Waals surface area contributed by atoms with Crippen molar-refractivity contribution >= 4 is 0 Å². The van der Waals surface area contributed by atoms with Crippen molar-refractivity contribution in [2.24, 2.45) is 0 Å². The highest BCUT2D eigenvalue weighted by Crippen LogP contribution is 2.10. The van der Waals surface area contributed by atoms with Crippen molar-refractivity contribution in [1.29, 1.82) is 0 Å². The highest BCUT2D eigenvalue weighted by Gasteiger charge is 2.21. The molecule has 0 bridgehead atoms. The molecule has 0 radical (unpaired) electrons. The molecule has 0 amide bonds. The van der Waals surface area contributed by atoms with Gasteiger partial charge in [0.25, 0.3) is 0 Å². The molecular weight excluding hydrogens is 262 g/mol. The first-order chi connectivity index (χ1) is 9.56. The van der Waals surface area contributed by atoms with E-state index >= 15 is 0 Å². The van der Waals surface area contributed by atoms with Gasteiger partial charge in [0.1, 0.15) is 0 Å². The molecule has 1 aromatic rings. The largest absolute Gasteiger partial charge is 0.374 e. The van der Waals surface area contributed by atoms with E-state index in [9.17, 15) is 8.78 Å². The van der Waals surface area contributed by atoms with Crippen LogP contribution >= 0.6 is 0 Å². The van der Waals surface area contributed by atoms with Gasteiger partial charge in [-0.3, -0.25) is 4.90 Å². The van der Waals surface area contributed by atoms with Crippen LogP contribution in [0, 0.1) is 11.6 Å². The number of nitrogens with zero attached hydrogens (tertiary/aromatic N) is 1. The van der Waals surface area contributed by atoms with Crippen LogP contribution < -0.4 is 5.32 Å². The zero-order chi connectivity index (χ0) is 14.5. The van der Waals surface area contributed by atoms with E-state index in [0.29, 0.717) is 19.1 Å². The van der Waals surface area contributed by atoms with E-state index in [4.69, 9.17) is 4.74 Å². The van der Waals surface area contributed by atoms with Gasteiger partial charge in [-0.1, -0.05) is 6.07 Å². The molecular formula is C15H22F2N2O. The van der Waals surface area contributed by atoms with Crippen LogP contribution in [0.2, 0.25) is 0 Å². The van der Waals surface area contributed by atoms with Gasteiger partial charge < -0.3 is 10.1 Å². The summed E-state index contributed by atoms with van der Waals surface area (Å²) in [7, 11) is 0. The first-order valence-electron chi connectivity index (χ1n) is 7.06. The Labute approximate surface area is 118 Å². The third-order valence-electron chi connectivity index (χ3n) is 3.59. The number of hydrogen-bond acceptors (Lipinski definition) is 3. The number of hydrogen-bond donors (Lipinski definition) is 1. The molecule has 112 valence electrons. The molecule has 1 aliphatic rings. The lowest BCUT2D eigenvalue weighted by molar-refractivity contribution is -0.0372. The number of nitrogens with one attached hydrogen (secondary N) is 1. The van der Waals surface area contributed by atoms with Gasteiger partial charge in [-0.25, -0.2) is 8.78 Å². The van der Waals surface area contributed by atoms with E-state index in [1.807, 2.05) is 0 Å². The zero-order valence-corrected chi connectivity index (χ0v) is 12.0. The fourth-order valence-electron chi connectivity index (χ4n) is 2.36. The predicted molar refractivity (Wildman–Crippen MR) is 74.5 cm³/mol. The summed E-state index contributed by atoms with van der Waals surface area (Å²) in [4.78, 5) is 2.38. The molecule has 1 fully saturated rings. The molecule has 1 heterocycles. The Hall–Kier alpha value is -1.04. The predicted octanol–water partition coefficient (Wildman–Crippen LogP) is 2.16. The molecule has 0 spiro atoms. The normalized spacial score (nSPS) is 20.6. The van der Waals surface area contributed by atoms with Crippen molar-refractivity contribution in [3.63, 3.8) is 0 Å². The Morgan fingerprint density at radius 1 is 1.35 bits per heavy atom. The molecule has 0 aromatic heterocycles. The smallest absolute Gasteiger partial charge is 0.159 e. The van der Waals surface area contributed by atoms with Gasteiger partial charge in [0.05, 0.1) is 12.7 Å². The van der Waals surface area contributed by atoms with Crippen molar-refractivity contribution in [2.45, 2.75) is 32.5 Å². The lowest BCUT2D eigenvalue weighted by atomic mass is 10.2. The van der Waals surface area contributed by atoms with E-state index < -0.39 is 11.6 Å². The van der Waals surface area contributed by atoms with E-state index in [1.54, 1.807) is 6.07 Å². The number of halogens is 2. The number of morpholine rings is 1. The van der Waals surface area contributed by atoms with Crippen LogP contribution in [0.3, 0.4) is 0 Å². The highest BCUT2D eigenvalue weighted by atomic mass is 19.2. The summed E-state index contributed by atoms with van der Waals surface area (Å²) >= 11 is 0. The second-order valence-electron chi connectivity index (χ2n) is 5.46. The van der Waals surface area contributed by atoms with Crippen LogP contribution in [0.15, 0.2) is 18.2 Å². The first kappa shape index (κ1) is 15.4. The van der Waals surface area contributed by atoms with Gasteiger partial charge in [0.15, 0.2) is 11.6 Å². The fraction of sp³-hybridized carbons (Fsp3) is 0.600. The minimum absolute atomic E-state index is 0.149. The monoisotopic (exact) mass is 284 g/mol. The van der Waals surface area contributed by atoms with Crippen LogP contribution in [0.25, 0.3) is 0 Å². The topological polar surface area (TPSA) is 24.5 Å². The molecule has 5 heteroatoms. The lowest BCUT2D eigenvalue weighted by Crippen LogP contribution is -2.48. The fourth-order valence-corrected chi connectivity index (χ4v) is 2.36. The van der Waals surface area contributed by atoms with Crippen LogP contribution in [0.5, 0.6) is 0 Å². The first-order valence-corrected chi connectivity index (χ1v) is 7.06. The Bertz CT molecular complexity index is 440. The summed E-state index contributed by atoms with van der Waals surface area (Å²) < 4.78 is 31.6. The van der Waals surface area contributed by atoms with Crippen molar-refractivity contribution in [2.75, 3.05) is 26.2 Å². The van der Waals surface area contributed by atoms with Crippen LogP contribution in [-0.2, 0) is 11.3 Å². The molecule has 0 aliphatic carbocycles. The van der Waals surface area contributed by atoms with Gasteiger partial charge in [0.2, 0.25) is 0 Å². The molecule has 1 saturated heterocycles. The second kappa shape index (κ2) is 7.11. The number of rotatable bonds is 5. The van der Waals surface area contributed by atoms with E-state index in [-0.39, 0.29) is 6.10 Å². The van der Waals surface area contributed by atoms with Crippen molar-refractivity contribution in [3.8, 4) is 0 Å². The minimum Gasteiger partial charge on any atom is -0.374 e. The van der Waals surface area contributed by atoms with Gasteiger partial charge in [0, 0.05) is 32.2 Å². The zero-order valence-electron chi connectivity index (χ0n) is 12.0. The van der Waals surface area contributed by atoms with Gasteiger partial charge in [-0.15, -0.1) is 0 Å². The molecule has 1 aliphatic heterocycles. The molecule has 2 rings (SSSR count). The maximum absolute atomic E-state index is 13.1. The molecule has 1 N–H and O–H groups in total. The van der Waals surface area contributed by atoms with Crippen molar-refractivity contribution in [3.05, 3.63) is 35.4 Å². The minimum atomic E-state index is -0.808. The summed E-state index contributed by atoms with van der Waals surface area (Å²) in [6.07, 6.45) is 0.149. The SMILES string of the molecule is CC(C)N1CCOC(CNCc2ccc(F)c(F)c2)C1. The molecule has 0 saturated carbocycles. The van der Waals surface area contributed by atoms with Crippen molar-refractivity contribution in [1.82, 2.24) is 10.2 Å². The maximum Gasteiger partial charge on any atom is 0.159 e. The summed E-state index contributed by atoms with van der Waals surface area (Å²) in [6, 6.07) is 4.50. The third kappa shape index (κ3) is 4.23. The number of benzene rings is 1. The summed E-state index contributed by atoms with van der Waals surface area (Å²) in [5, 5.41) is 3.24.